The first-order chi connectivity index (χ1) is 10.5. The van der Waals surface area contributed by atoms with E-state index in [-0.39, 0.29) is 0 Å². The molecule has 5 heteroatoms. The van der Waals surface area contributed by atoms with Crippen molar-refractivity contribution in [3.05, 3.63) is 29.3 Å². The zero-order chi connectivity index (χ0) is 16.0. The van der Waals surface area contributed by atoms with Crippen molar-refractivity contribution in [2.45, 2.75) is 50.8 Å². The van der Waals surface area contributed by atoms with Crippen molar-refractivity contribution in [3.8, 4) is 0 Å². The number of aryl methyl sites for hydroxylation is 2. The maximum atomic E-state index is 12.3. The molecule has 1 aliphatic carbocycles. The van der Waals surface area contributed by atoms with Gasteiger partial charge in [-0.25, -0.2) is 13.1 Å². The van der Waals surface area contributed by atoms with Gasteiger partial charge in [-0.15, -0.1) is 0 Å². The van der Waals surface area contributed by atoms with Crippen LogP contribution in [0.5, 0.6) is 0 Å². The Labute approximate surface area is 134 Å². The summed E-state index contributed by atoms with van der Waals surface area (Å²) in [5.74, 6) is 0.507. The Hall–Kier alpha value is -0.910. The van der Waals surface area contributed by atoms with Crippen LogP contribution >= 0.6 is 0 Å². The lowest BCUT2D eigenvalue weighted by Gasteiger charge is -2.16. The van der Waals surface area contributed by atoms with Gasteiger partial charge in [-0.2, -0.15) is 0 Å². The van der Waals surface area contributed by atoms with E-state index in [1.54, 1.807) is 6.07 Å². The molecule has 0 atom stereocenters. The van der Waals surface area contributed by atoms with Crippen LogP contribution in [0.25, 0.3) is 0 Å². The predicted octanol–water partition coefficient (Wildman–Crippen LogP) is 2.91. The highest BCUT2D eigenvalue weighted by Gasteiger charge is 2.17. The van der Waals surface area contributed by atoms with Crippen molar-refractivity contribution in [2.75, 3.05) is 19.8 Å². The van der Waals surface area contributed by atoms with Gasteiger partial charge >= 0.3 is 0 Å². The third kappa shape index (κ3) is 5.07. The van der Waals surface area contributed by atoms with Crippen LogP contribution in [-0.2, 0) is 27.6 Å². The molecule has 0 fully saturated rings. The van der Waals surface area contributed by atoms with Gasteiger partial charge in [-0.1, -0.05) is 19.9 Å². The van der Waals surface area contributed by atoms with Gasteiger partial charge in [0.1, 0.15) is 0 Å². The first kappa shape index (κ1) is 17.4. The minimum absolute atomic E-state index is 0.385. The van der Waals surface area contributed by atoms with Crippen LogP contribution in [0.4, 0.5) is 0 Å². The SMILES string of the molecule is CC(C)COCCCNS(=O)(=O)c1ccc2c(c1)CCCC2. The molecule has 1 N–H and O–H groups in total. The molecule has 2 rings (SSSR count). The molecule has 0 saturated heterocycles. The summed E-state index contributed by atoms with van der Waals surface area (Å²) >= 11 is 0. The maximum Gasteiger partial charge on any atom is 0.240 e. The quantitative estimate of drug-likeness (QED) is 0.748. The summed E-state index contributed by atoms with van der Waals surface area (Å²) in [5, 5.41) is 0. The van der Waals surface area contributed by atoms with Crippen LogP contribution in [0.15, 0.2) is 23.1 Å². The molecule has 22 heavy (non-hydrogen) atoms. The third-order valence-electron chi connectivity index (χ3n) is 3.84. The number of fused-ring (bicyclic) bond motifs is 1. The zero-order valence-corrected chi connectivity index (χ0v) is 14.4. The van der Waals surface area contributed by atoms with Crippen molar-refractivity contribution in [1.82, 2.24) is 4.72 Å². The fraction of sp³-hybridized carbons (Fsp3) is 0.647. The van der Waals surface area contributed by atoms with Gasteiger partial charge < -0.3 is 4.74 Å². The minimum Gasteiger partial charge on any atom is -0.381 e. The average Bonchev–Trinajstić information content (AvgIpc) is 2.50. The fourth-order valence-electron chi connectivity index (χ4n) is 2.66. The molecule has 0 spiro atoms. The van der Waals surface area contributed by atoms with E-state index in [4.69, 9.17) is 4.74 Å². The lowest BCUT2D eigenvalue weighted by Crippen LogP contribution is -2.26. The molecule has 0 unspecified atom stereocenters. The van der Waals surface area contributed by atoms with Crippen LogP contribution in [0.3, 0.4) is 0 Å². The molecule has 0 aliphatic heterocycles. The highest BCUT2D eigenvalue weighted by atomic mass is 32.2. The van der Waals surface area contributed by atoms with Crippen molar-refractivity contribution in [1.29, 1.82) is 0 Å². The first-order valence-corrected chi connectivity index (χ1v) is 9.66. The average molecular weight is 325 g/mol. The smallest absolute Gasteiger partial charge is 0.240 e. The molecular formula is C17H27NO3S. The van der Waals surface area contributed by atoms with Crippen LogP contribution < -0.4 is 4.72 Å². The Morgan fingerprint density at radius 3 is 2.64 bits per heavy atom. The van der Waals surface area contributed by atoms with E-state index in [1.807, 2.05) is 12.1 Å². The van der Waals surface area contributed by atoms with Crippen LogP contribution in [0, 0.1) is 5.92 Å². The molecule has 1 aliphatic rings. The van der Waals surface area contributed by atoms with Gasteiger partial charge in [-0.3, -0.25) is 0 Å². The molecule has 0 saturated carbocycles. The maximum absolute atomic E-state index is 12.3. The zero-order valence-electron chi connectivity index (χ0n) is 13.6. The number of benzene rings is 1. The monoisotopic (exact) mass is 325 g/mol. The van der Waals surface area contributed by atoms with E-state index in [0.717, 1.165) is 25.9 Å². The number of sulfonamides is 1. The second-order valence-electron chi connectivity index (χ2n) is 6.36. The van der Waals surface area contributed by atoms with Gasteiger partial charge in [-0.05, 0) is 61.3 Å². The molecule has 124 valence electrons. The molecule has 1 aromatic rings. The third-order valence-corrected chi connectivity index (χ3v) is 5.30. The van der Waals surface area contributed by atoms with E-state index >= 15 is 0 Å². The van der Waals surface area contributed by atoms with Gasteiger partial charge in [0.15, 0.2) is 0 Å². The number of hydrogen-bond donors (Lipinski definition) is 1. The van der Waals surface area contributed by atoms with Crippen molar-refractivity contribution < 1.29 is 13.2 Å². The Bertz CT molecular complexity index is 582. The molecule has 0 aromatic heterocycles. The lowest BCUT2D eigenvalue weighted by molar-refractivity contribution is 0.108. The van der Waals surface area contributed by atoms with Crippen molar-refractivity contribution >= 4 is 10.0 Å². The molecule has 4 nitrogen and oxygen atoms in total. The summed E-state index contributed by atoms with van der Waals surface area (Å²) in [5.41, 5.74) is 2.49. The number of nitrogens with one attached hydrogen (secondary N) is 1. The second-order valence-corrected chi connectivity index (χ2v) is 8.12. The summed E-state index contributed by atoms with van der Waals surface area (Å²) in [6.45, 7) is 5.91. The molecular weight excluding hydrogens is 298 g/mol. The predicted molar refractivity (Wildman–Crippen MR) is 88.5 cm³/mol. The van der Waals surface area contributed by atoms with Crippen molar-refractivity contribution in [3.63, 3.8) is 0 Å². The topological polar surface area (TPSA) is 55.4 Å². The van der Waals surface area contributed by atoms with Crippen LogP contribution in [0.2, 0.25) is 0 Å². The molecule has 0 radical (unpaired) electrons. The Kier molecular flexibility index (Phi) is 6.41. The first-order valence-electron chi connectivity index (χ1n) is 8.18. The minimum atomic E-state index is -3.40. The van der Waals surface area contributed by atoms with E-state index in [1.165, 1.54) is 17.5 Å². The summed E-state index contributed by atoms with van der Waals surface area (Å²) < 4.78 is 32.7. The van der Waals surface area contributed by atoms with E-state index in [0.29, 0.717) is 30.4 Å². The summed E-state index contributed by atoms with van der Waals surface area (Å²) in [6.07, 6.45) is 5.10. The second kappa shape index (κ2) is 8.09. The standard InChI is InChI=1S/C17H27NO3S/c1-14(2)13-21-11-5-10-18-22(19,20)17-9-8-15-6-3-4-7-16(15)12-17/h8-9,12,14,18H,3-7,10-11,13H2,1-2H3. The molecule has 0 amide bonds. The van der Waals surface area contributed by atoms with E-state index in [9.17, 15) is 8.42 Å². The highest BCUT2D eigenvalue weighted by molar-refractivity contribution is 7.89. The highest BCUT2D eigenvalue weighted by Crippen LogP contribution is 2.23. The summed E-state index contributed by atoms with van der Waals surface area (Å²) in [7, 11) is -3.40. The Morgan fingerprint density at radius 2 is 1.91 bits per heavy atom. The Morgan fingerprint density at radius 1 is 1.18 bits per heavy atom. The van der Waals surface area contributed by atoms with Crippen LogP contribution in [0.1, 0.15) is 44.2 Å². The van der Waals surface area contributed by atoms with E-state index in [2.05, 4.69) is 18.6 Å². The fourth-order valence-corrected chi connectivity index (χ4v) is 3.78. The number of hydrogen-bond acceptors (Lipinski definition) is 3. The van der Waals surface area contributed by atoms with Gasteiger partial charge in [0.25, 0.3) is 0 Å². The summed E-state index contributed by atoms with van der Waals surface area (Å²) in [4.78, 5) is 0.385. The van der Waals surface area contributed by atoms with Crippen LogP contribution in [-0.4, -0.2) is 28.2 Å². The number of rotatable bonds is 8. The normalized spacial score (nSPS) is 15.0. The largest absolute Gasteiger partial charge is 0.381 e. The molecule has 0 bridgehead atoms. The molecule has 0 heterocycles. The van der Waals surface area contributed by atoms with Crippen molar-refractivity contribution in [2.24, 2.45) is 5.92 Å². The molecule has 1 aromatic carbocycles. The van der Waals surface area contributed by atoms with E-state index < -0.39 is 10.0 Å². The van der Waals surface area contributed by atoms with Gasteiger partial charge in [0, 0.05) is 19.8 Å². The van der Waals surface area contributed by atoms with Gasteiger partial charge in [0.2, 0.25) is 10.0 Å². The van der Waals surface area contributed by atoms with Gasteiger partial charge in [0.05, 0.1) is 4.90 Å². The lowest BCUT2D eigenvalue weighted by atomic mass is 9.92. The Balaban J connectivity index is 1.85. The summed E-state index contributed by atoms with van der Waals surface area (Å²) in [6, 6.07) is 5.53. The number of ether oxygens (including phenoxy) is 1.